The van der Waals surface area contributed by atoms with Gasteiger partial charge in [-0.25, -0.2) is 21.6 Å². The van der Waals surface area contributed by atoms with E-state index in [1.54, 1.807) is 0 Å². The van der Waals surface area contributed by atoms with Crippen LogP contribution in [0.4, 0.5) is 0 Å². The fourth-order valence-corrected chi connectivity index (χ4v) is 7.99. The van der Waals surface area contributed by atoms with Gasteiger partial charge in [0.25, 0.3) is 0 Å². The Morgan fingerprint density at radius 2 is 1.59 bits per heavy atom. The summed E-state index contributed by atoms with van der Waals surface area (Å²) in [5.41, 5.74) is 0. The summed E-state index contributed by atoms with van der Waals surface area (Å²) in [6.45, 7) is 3.02. The second-order valence-electron chi connectivity index (χ2n) is 8.33. The highest BCUT2D eigenvalue weighted by molar-refractivity contribution is 7.89. The number of hydrogen-bond donors (Lipinski definition) is 1. The Bertz CT molecular complexity index is 890. The molecule has 1 aromatic rings. The Hall–Kier alpha value is -0.960. The zero-order valence-corrected chi connectivity index (χ0v) is 17.3. The number of rotatable bonds is 6. The van der Waals surface area contributed by atoms with Gasteiger partial charge in [0.1, 0.15) is 0 Å². The maximum Gasteiger partial charge on any atom is 0.243 e. The van der Waals surface area contributed by atoms with Gasteiger partial charge in [0.15, 0.2) is 0 Å². The van der Waals surface area contributed by atoms with Crippen molar-refractivity contribution in [3.05, 3.63) is 24.3 Å². The summed E-state index contributed by atoms with van der Waals surface area (Å²) in [4.78, 5) is 0.280. The van der Waals surface area contributed by atoms with Crippen molar-refractivity contribution in [1.29, 1.82) is 0 Å². The van der Waals surface area contributed by atoms with Gasteiger partial charge in [-0.2, -0.15) is 4.31 Å². The zero-order chi connectivity index (χ0) is 19.2. The molecule has 27 heavy (non-hydrogen) atoms. The lowest BCUT2D eigenvalue weighted by Crippen LogP contribution is -2.40. The molecule has 8 heteroatoms. The molecule has 2 saturated carbocycles. The average molecular weight is 413 g/mol. The van der Waals surface area contributed by atoms with Gasteiger partial charge in [0, 0.05) is 19.1 Å². The lowest BCUT2D eigenvalue weighted by Gasteiger charge is -2.28. The maximum atomic E-state index is 12.8. The van der Waals surface area contributed by atoms with E-state index in [0.29, 0.717) is 24.9 Å². The molecule has 2 aliphatic carbocycles. The third-order valence-electron chi connectivity index (χ3n) is 6.61. The molecule has 3 fully saturated rings. The van der Waals surface area contributed by atoms with Crippen LogP contribution in [0.1, 0.15) is 45.4 Å². The van der Waals surface area contributed by atoms with Gasteiger partial charge in [-0.15, -0.1) is 0 Å². The molecule has 0 amide bonds. The van der Waals surface area contributed by atoms with E-state index in [-0.39, 0.29) is 15.8 Å². The quantitative estimate of drug-likeness (QED) is 0.778. The Morgan fingerprint density at radius 1 is 0.963 bits per heavy atom. The van der Waals surface area contributed by atoms with E-state index in [1.165, 1.54) is 47.8 Å². The second-order valence-corrected chi connectivity index (χ2v) is 12.0. The molecule has 4 rings (SSSR count). The van der Waals surface area contributed by atoms with Crippen molar-refractivity contribution in [2.75, 3.05) is 13.1 Å². The standard InChI is InChI=1S/C19H28N2O4S2/c1-14(19-13-15-4-5-16(19)12-15)20-26(22,23)17-6-8-18(9-7-17)27(24,25)21-10-2-3-11-21/h6-9,14-16,19-20H,2-5,10-13H2,1H3. The highest BCUT2D eigenvalue weighted by Crippen LogP contribution is 2.49. The van der Waals surface area contributed by atoms with Crippen molar-refractivity contribution in [2.24, 2.45) is 17.8 Å². The summed E-state index contributed by atoms with van der Waals surface area (Å²) in [6, 6.07) is 5.52. The predicted octanol–water partition coefficient (Wildman–Crippen LogP) is 2.57. The van der Waals surface area contributed by atoms with E-state index in [4.69, 9.17) is 0 Å². The SMILES string of the molecule is CC(NS(=O)(=O)c1ccc(S(=O)(=O)N2CCCC2)cc1)C1CC2CCC1C2. The first-order valence-electron chi connectivity index (χ1n) is 9.90. The first kappa shape index (κ1) is 19.4. The molecule has 1 heterocycles. The topological polar surface area (TPSA) is 83.5 Å². The van der Waals surface area contributed by atoms with Crippen LogP contribution in [-0.2, 0) is 20.0 Å². The van der Waals surface area contributed by atoms with Crippen molar-refractivity contribution in [2.45, 2.75) is 61.3 Å². The molecule has 1 aliphatic heterocycles. The van der Waals surface area contributed by atoms with Crippen molar-refractivity contribution in [3.63, 3.8) is 0 Å². The van der Waals surface area contributed by atoms with E-state index in [9.17, 15) is 16.8 Å². The van der Waals surface area contributed by atoms with Crippen LogP contribution in [0.25, 0.3) is 0 Å². The van der Waals surface area contributed by atoms with Gasteiger partial charge in [0.2, 0.25) is 20.0 Å². The Morgan fingerprint density at radius 3 is 2.15 bits per heavy atom. The molecule has 2 bridgehead atoms. The number of hydrogen-bond acceptors (Lipinski definition) is 4. The normalized spacial score (nSPS) is 30.0. The van der Waals surface area contributed by atoms with Gasteiger partial charge in [-0.05, 0) is 81.0 Å². The smallest absolute Gasteiger partial charge is 0.208 e. The van der Waals surface area contributed by atoms with Crippen LogP contribution in [0, 0.1) is 17.8 Å². The third kappa shape index (κ3) is 3.69. The minimum atomic E-state index is -3.65. The van der Waals surface area contributed by atoms with Crippen LogP contribution in [-0.4, -0.2) is 40.3 Å². The van der Waals surface area contributed by atoms with Crippen molar-refractivity contribution >= 4 is 20.0 Å². The van der Waals surface area contributed by atoms with E-state index < -0.39 is 20.0 Å². The Kier molecular flexibility index (Phi) is 5.12. The molecular weight excluding hydrogens is 384 g/mol. The molecule has 0 aromatic heterocycles. The Labute approximate surface area is 162 Å². The molecule has 1 saturated heterocycles. The van der Waals surface area contributed by atoms with Gasteiger partial charge in [-0.3, -0.25) is 0 Å². The summed E-state index contributed by atoms with van der Waals surface area (Å²) in [5.74, 6) is 1.82. The highest BCUT2D eigenvalue weighted by Gasteiger charge is 2.42. The minimum Gasteiger partial charge on any atom is -0.208 e. The molecule has 1 N–H and O–H groups in total. The first-order valence-corrected chi connectivity index (χ1v) is 12.8. The van der Waals surface area contributed by atoms with Crippen LogP contribution in [0.2, 0.25) is 0 Å². The van der Waals surface area contributed by atoms with Crippen LogP contribution >= 0.6 is 0 Å². The molecular formula is C19H28N2O4S2. The van der Waals surface area contributed by atoms with Crippen LogP contribution in [0.3, 0.4) is 0 Å². The van der Waals surface area contributed by atoms with Gasteiger partial charge < -0.3 is 0 Å². The van der Waals surface area contributed by atoms with Crippen molar-refractivity contribution < 1.29 is 16.8 Å². The van der Waals surface area contributed by atoms with Gasteiger partial charge in [-0.1, -0.05) is 6.42 Å². The van der Waals surface area contributed by atoms with Crippen molar-refractivity contribution in [3.8, 4) is 0 Å². The molecule has 150 valence electrons. The largest absolute Gasteiger partial charge is 0.243 e. The molecule has 6 nitrogen and oxygen atoms in total. The zero-order valence-electron chi connectivity index (χ0n) is 15.7. The monoisotopic (exact) mass is 412 g/mol. The maximum absolute atomic E-state index is 12.8. The molecule has 4 unspecified atom stereocenters. The second kappa shape index (κ2) is 7.13. The Balaban J connectivity index is 1.47. The fraction of sp³-hybridized carbons (Fsp3) is 0.684. The van der Waals surface area contributed by atoms with E-state index in [1.807, 2.05) is 6.92 Å². The molecule has 1 aromatic carbocycles. The molecule has 0 radical (unpaired) electrons. The molecule has 0 spiro atoms. The summed E-state index contributed by atoms with van der Waals surface area (Å²) in [5, 5.41) is 0. The summed E-state index contributed by atoms with van der Waals surface area (Å²) in [7, 11) is -7.18. The average Bonchev–Trinajstić information content (AvgIpc) is 3.39. The third-order valence-corrected chi connectivity index (χ3v) is 10.1. The first-order chi connectivity index (χ1) is 12.8. The summed E-state index contributed by atoms with van der Waals surface area (Å²) >= 11 is 0. The van der Waals surface area contributed by atoms with Crippen LogP contribution in [0.5, 0.6) is 0 Å². The van der Waals surface area contributed by atoms with Crippen LogP contribution < -0.4 is 4.72 Å². The summed E-state index contributed by atoms with van der Waals surface area (Å²) < 4.78 is 55.0. The number of nitrogens with one attached hydrogen (secondary N) is 1. The number of fused-ring (bicyclic) bond motifs is 2. The lowest BCUT2D eigenvalue weighted by atomic mass is 9.84. The number of sulfonamides is 2. The van der Waals surface area contributed by atoms with Crippen molar-refractivity contribution in [1.82, 2.24) is 9.03 Å². The van der Waals surface area contributed by atoms with Gasteiger partial charge >= 0.3 is 0 Å². The van der Waals surface area contributed by atoms with Crippen LogP contribution in [0.15, 0.2) is 34.1 Å². The highest BCUT2D eigenvalue weighted by atomic mass is 32.2. The van der Waals surface area contributed by atoms with E-state index >= 15 is 0 Å². The molecule has 4 atom stereocenters. The van der Waals surface area contributed by atoms with E-state index in [2.05, 4.69) is 4.72 Å². The predicted molar refractivity (Wildman–Crippen MR) is 103 cm³/mol. The number of benzene rings is 1. The lowest BCUT2D eigenvalue weighted by molar-refractivity contribution is 0.280. The fourth-order valence-electron chi connectivity index (χ4n) is 5.17. The summed E-state index contributed by atoms with van der Waals surface area (Å²) in [6.07, 6.45) is 6.59. The van der Waals surface area contributed by atoms with E-state index in [0.717, 1.165) is 25.2 Å². The molecule has 3 aliphatic rings. The van der Waals surface area contributed by atoms with Gasteiger partial charge in [0.05, 0.1) is 9.79 Å². The minimum absolute atomic E-state index is 0.0988. The number of nitrogens with zero attached hydrogens (tertiary/aromatic N) is 1.